The van der Waals surface area contributed by atoms with Crippen LogP contribution in [0.4, 0.5) is 0 Å². The third-order valence-corrected chi connectivity index (χ3v) is 3.15. The second kappa shape index (κ2) is 5.51. The average molecular weight is 302 g/mol. The lowest BCUT2D eigenvalue weighted by molar-refractivity contribution is -0.138. The number of aromatic hydroxyl groups is 1. The van der Waals surface area contributed by atoms with Crippen molar-refractivity contribution in [1.82, 2.24) is 5.32 Å². The molecule has 0 radical (unpaired) electrons. The fourth-order valence-corrected chi connectivity index (χ4v) is 1.86. The number of nitrogens with one attached hydrogen (secondary N) is 1. The van der Waals surface area contributed by atoms with Crippen LogP contribution in [0.15, 0.2) is 22.7 Å². The number of hydrogen-bond acceptors (Lipinski definition) is 3. The van der Waals surface area contributed by atoms with E-state index in [4.69, 9.17) is 5.11 Å². The van der Waals surface area contributed by atoms with Gasteiger partial charge in [0.15, 0.2) is 0 Å². The van der Waals surface area contributed by atoms with Crippen LogP contribution >= 0.6 is 15.9 Å². The van der Waals surface area contributed by atoms with Crippen LogP contribution in [0.5, 0.6) is 5.75 Å². The van der Waals surface area contributed by atoms with Crippen LogP contribution < -0.4 is 5.32 Å². The number of aliphatic carboxylic acids is 1. The van der Waals surface area contributed by atoms with Crippen molar-refractivity contribution >= 4 is 21.9 Å². The van der Waals surface area contributed by atoms with Gasteiger partial charge in [-0.05, 0) is 37.6 Å². The fourth-order valence-electron chi connectivity index (χ4n) is 1.47. The van der Waals surface area contributed by atoms with Gasteiger partial charge in [-0.3, -0.25) is 4.79 Å². The molecule has 0 saturated carbocycles. The third-order valence-electron chi connectivity index (χ3n) is 2.38. The summed E-state index contributed by atoms with van der Waals surface area (Å²) < 4.78 is 0.883. The SMILES string of the molecule is CC(C)(CC(=O)O)NCc1cc(O)ccc1Br. The molecule has 1 aromatic carbocycles. The molecule has 0 aromatic heterocycles. The van der Waals surface area contributed by atoms with Gasteiger partial charge in [0.05, 0.1) is 6.42 Å². The maximum absolute atomic E-state index is 10.7. The van der Waals surface area contributed by atoms with E-state index in [1.807, 2.05) is 13.8 Å². The lowest BCUT2D eigenvalue weighted by atomic mass is 10.0. The summed E-state index contributed by atoms with van der Waals surface area (Å²) in [5.41, 5.74) is 0.403. The summed E-state index contributed by atoms with van der Waals surface area (Å²) in [6.45, 7) is 4.16. The molecule has 0 bridgehead atoms. The van der Waals surface area contributed by atoms with Crippen molar-refractivity contribution in [3.8, 4) is 5.75 Å². The van der Waals surface area contributed by atoms with Gasteiger partial charge in [0.1, 0.15) is 5.75 Å². The van der Waals surface area contributed by atoms with E-state index in [1.165, 1.54) is 0 Å². The number of halogens is 1. The standard InChI is InChI=1S/C12H16BrNO3/c1-12(2,6-11(16)17)14-7-8-5-9(15)3-4-10(8)13/h3-5,14-15H,6-7H2,1-2H3,(H,16,17). The average Bonchev–Trinajstić information content (AvgIpc) is 2.17. The molecule has 0 amide bonds. The van der Waals surface area contributed by atoms with Crippen molar-refractivity contribution < 1.29 is 15.0 Å². The first-order valence-corrected chi connectivity index (χ1v) is 6.04. The Morgan fingerprint density at radius 1 is 1.47 bits per heavy atom. The second-order valence-electron chi connectivity index (χ2n) is 4.58. The summed E-state index contributed by atoms with van der Waals surface area (Å²) in [7, 11) is 0. The number of phenols is 1. The number of benzene rings is 1. The highest BCUT2D eigenvalue weighted by Gasteiger charge is 2.21. The molecule has 5 heteroatoms. The Kier molecular flexibility index (Phi) is 4.54. The van der Waals surface area contributed by atoms with Gasteiger partial charge in [-0.15, -0.1) is 0 Å². The smallest absolute Gasteiger partial charge is 0.305 e. The molecule has 3 N–H and O–H groups in total. The molecule has 17 heavy (non-hydrogen) atoms. The predicted molar refractivity (Wildman–Crippen MR) is 69.0 cm³/mol. The highest BCUT2D eigenvalue weighted by molar-refractivity contribution is 9.10. The van der Waals surface area contributed by atoms with Crippen LogP contribution in [0.1, 0.15) is 25.8 Å². The van der Waals surface area contributed by atoms with E-state index >= 15 is 0 Å². The Morgan fingerprint density at radius 3 is 2.71 bits per heavy atom. The molecule has 0 spiro atoms. The van der Waals surface area contributed by atoms with E-state index < -0.39 is 11.5 Å². The van der Waals surface area contributed by atoms with E-state index in [2.05, 4.69) is 21.2 Å². The molecule has 1 rings (SSSR count). The molecule has 0 aliphatic heterocycles. The molecule has 0 unspecified atom stereocenters. The number of rotatable bonds is 5. The van der Waals surface area contributed by atoms with Gasteiger partial charge >= 0.3 is 5.97 Å². The number of hydrogen-bond donors (Lipinski definition) is 3. The number of carboxylic acids is 1. The monoisotopic (exact) mass is 301 g/mol. The number of phenolic OH excluding ortho intramolecular Hbond substituents is 1. The van der Waals surface area contributed by atoms with Crippen LogP contribution in [-0.4, -0.2) is 21.7 Å². The lowest BCUT2D eigenvalue weighted by Crippen LogP contribution is -2.40. The van der Waals surface area contributed by atoms with Crippen LogP contribution in [0.3, 0.4) is 0 Å². The Hall–Kier alpha value is -1.07. The molecular weight excluding hydrogens is 286 g/mol. The van der Waals surface area contributed by atoms with Gasteiger partial charge in [-0.2, -0.15) is 0 Å². The fraction of sp³-hybridized carbons (Fsp3) is 0.417. The predicted octanol–water partition coefficient (Wildman–Crippen LogP) is 2.50. The first kappa shape index (κ1) is 14.0. The van der Waals surface area contributed by atoms with Gasteiger partial charge in [0.25, 0.3) is 0 Å². The summed E-state index contributed by atoms with van der Waals surface area (Å²) in [6.07, 6.45) is 0.0451. The van der Waals surface area contributed by atoms with E-state index in [9.17, 15) is 9.90 Å². The van der Waals surface area contributed by atoms with Crippen molar-refractivity contribution in [2.24, 2.45) is 0 Å². The minimum atomic E-state index is -0.836. The van der Waals surface area contributed by atoms with Gasteiger partial charge in [0, 0.05) is 16.6 Å². The summed E-state index contributed by atoms with van der Waals surface area (Å²) in [5, 5.41) is 21.3. The van der Waals surface area contributed by atoms with Crippen molar-refractivity contribution in [2.75, 3.05) is 0 Å². The van der Waals surface area contributed by atoms with E-state index in [-0.39, 0.29) is 12.2 Å². The van der Waals surface area contributed by atoms with Crippen molar-refractivity contribution in [3.05, 3.63) is 28.2 Å². The topological polar surface area (TPSA) is 69.6 Å². The molecule has 0 atom stereocenters. The third kappa shape index (κ3) is 4.75. The van der Waals surface area contributed by atoms with Crippen LogP contribution in [0.2, 0.25) is 0 Å². The molecule has 94 valence electrons. The second-order valence-corrected chi connectivity index (χ2v) is 5.44. The zero-order valence-corrected chi connectivity index (χ0v) is 11.4. The van der Waals surface area contributed by atoms with Gasteiger partial charge in [-0.1, -0.05) is 15.9 Å². The molecule has 0 saturated heterocycles. The summed E-state index contributed by atoms with van der Waals surface area (Å²) in [6, 6.07) is 5.00. The minimum absolute atomic E-state index is 0.0451. The Labute approximate surface area is 109 Å². The number of carbonyl (C=O) groups is 1. The van der Waals surface area contributed by atoms with E-state index in [0.29, 0.717) is 6.54 Å². The highest BCUT2D eigenvalue weighted by atomic mass is 79.9. The Balaban J connectivity index is 2.66. The largest absolute Gasteiger partial charge is 0.508 e. The van der Waals surface area contributed by atoms with Gasteiger partial charge in [-0.25, -0.2) is 0 Å². The van der Waals surface area contributed by atoms with Gasteiger partial charge in [0.2, 0.25) is 0 Å². The van der Waals surface area contributed by atoms with E-state index in [0.717, 1.165) is 10.0 Å². The summed E-state index contributed by atoms with van der Waals surface area (Å²) in [4.78, 5) is 10.7. The molecule has 0 aliphatic rings. The zero-order chi connectivity index (χ0) is 13.1. The van der Waals surface area contributed by atoms with Crippen LogP contribution in [-0.2, 0) is 11.3 Å². The molecule has 0 fully saturated rings. The first-order valence-electron chi connectivity index (χ1n) is 5.24. The zero-order valence-electron chi connectivity index (χ0n) is 9.83. The summed E-state index contributed by atoms with van der Waals surface area (Å²) in [5.74, 6) is -0.640. The highest BCUT2D eigenvalue weighted by Crippen LogP contribution is 2.22. The van der Waals surface area contributed by atoms with Crippen molar-refractivity contribution in [3.63, 3.8) is 0 Å². The van der Waals surface area contributed by atoms with Gasteiger partial charge < -0.3 is 15.5 Å². The first-order chi connectivity index (χ1) is 7.80. The van der Waals surface area contributed by atoms with Crippen LogP contribution in [0.25, 0.3) is 0 Å². The van der Waals surface area contributed by atoms with E-state index in [1.54, 1.807) is 18.2 Å². The quantitative estimate of drug-likeness (QED) is 0.781. The molecule has 0 heterocycles. The molecule has 4 nitrogen and oxygen atoms in total. The molecule has 0 aliphatic carbocycles. The molecular formula is C12H16BrNO3. The lowest BCUT2D eigenvalue weighted by Gasteiger charge is -2.24. The van der Waals surface area contributed by atoms with Crippen molar-refractivity contribution in [1.29, 1.82) is 0 Å². The number of carboxylic acid groups (broad SMARTS) is 1. The van der Waals surface area contributed by atoms with Crippen molar-refractivity contribution in [2.45, 2.75) is 32.4 Å². The minimum Gasteiger partial charge on any atom is -0.508 e. The van der Waals surface area contributed by atoms with Crippen LogP contribution in [0, 0.1) is 0 Å². The maximum atomic E-state index is 10.7. The normalized spacial score (nSPS) is 11.5. The molecule has 1 aromatic rings. The Morgan fingerprint density at radius 2 is 2.12 bits per heavy atom. The Bertz CT molecular complexity index is 418. The maximum Gasteiger partial charge on any atom is 0.305 e. The summed E-state index contributed by atoms with van der Waals surface area (Å²) >= 11 is 3.38.